The molecule has 0 heterocycles. The van der Waals surface area contributed by atoms with Crippen LogP contribution < -0.4 is 4.03 Å². The van der Waals surface area contributed by atoms with E-state index in [-0.39, 0.29) is 11.4 Å². The highest BCUT2D eigenvalue weighted by Crippen LogP contribution is 2.29. The molecule has 0 fully saturated rings. The summed E-state index contributed by atoms with van der Waals surface area (Å²) in [5.41, 5.74) is 0.0205. The molecule has 1 aromatic rings. The number of nitrogens with zero attached hydrogens (tertiary/aromatic N) is 4. The number of diazo groups is 1. The fourth-order valence-corrected chi connectivity index (χ4v) is 1.12. The Bertz CT molecular complexity index is 375. The lowest BCUT2D eigenvalue weighted by atomic mass is 10.3. The van der Waals surface area contributed by atoms with E-state index in [4.69, 9.17) is 5.39 Å². The van der Waals surface area contributed by atoms with E-state index in [9.17, 15) is 10.1 Å². The molecule has 0 aromatic heterocycles. The molecular weight excluding hydrogens is 240 g/mol. The third kappa shape index (κ3) is 1.91. The van der Waals surface area contributed by atoms with E-state index < -0.39 is 4.92 Å². The average Bonchev–Trinajstić information content (AvgIpc) is 2.16. The van der Waals surface area contributed by atoms with Gasteiger partial charge in [-0.2, -0.15) is 0 Å². The number of nitro groups is 1. The molecule has 1 rings (SSSR count). The summed E-state index contributed by atoms with van der Waals surface area (Å²) in [7, 11) is 0. The molecule has 13 heavy (non-hydrogen) atoms. The minimum atomic E-state index is -0.561. The quantitative estimate of drug-likeness (QED) is 0.346. The van der Waals surface area contributed by atoms with Gasteiger partial charge in [0.15, 0.2) is 0 Å². The molecule has 0 radical (unpaired) electrons. The molecule has 0 aliphatic heterocycles. The molecule has 0 spiro atoms. The number of para-hydroxylation sites is 2. The first-order chi connectivity index (χ1) is 6.16. The van der Waals surface area contributed by atoms with Gasteiger partial charge in [-0.3, -0.25) is 10.1 Å². The van der Waals surface area contributed by atoms with Gasteiger partial charge < -0.3 is 0 Å². The zero-order chi connectivity index (χ0) is 9.84. The molecule has 0 amide bonds. The predicted molar refractivity (Wildman–Crippen MR) is 49.6 cm³/mol. The highest BCUT2D eigenvalue weighted by atomic mass is 79.9. The highest BCUT2D eigenvalue weighted by Gasteiger charge is 2.23. The molecule has 0 aliphatic rings. The monoisotopic (exact) mass is 243 g/mol. The van der Waals surface area contributed by atoms with Gasteiger partial charge in [0, 0.05) is 6.07 Å². The summed E-state index contributed by atoms with van der Waals surface area (Å²) in [5.74, 6) is 0. The van der Waals surface area contributed by atoms with Crippen molar-refractivity contribution in [3.05, 3.63) is 39.5 Å². The summed E-state index contributed by atoms with van der Waals surface area (Å²) in [6.07, 6.45) is 0. The van der Waals surface area contributed by atoms with E-state index in [0.717, 1.165) is 4.03 Å². The van der Waals surface area contributed by atoms with Crippen molar-refractivity contribution >= 4 is 27.5 Å². The Morgan fingerprint density at radius 3 is 2.69 bits per heavy atom. The van der Waals surface area contributed by atoms with E-state index in [1.807, 2.05) is 0 Å². The standard InChI is InChI=1S/C6H4BrN4O2/c7-10(9-8)5-3-1-2-4-6(5)11(12)13/h1-4H/q+1. The molecule has 0 unspecified atom stereocenters. The summed E-state index contributed by atoms with van der Waals surface area (Å²) in [5, 5.41) is 21.6. The van der Waals surface area contributed by atoms with E-state index in [2.05, 4.69) is 21.2 Å². The van der Waals surface area contributed by atoms with Crippen molar-refractivity contribution < 1.29 is 4.92 Å². The second kappa shape index (κ2) is 3.82. The summed E-state index contributed by atoms with van der Waals surface area (Å²) < 4.78 is 0.838. The minimum absolute atomic E-state index is 0.142. The van der Waals surface area contributed by atoms with Crippen LogP contribution in [-0.2, 0) is 0 Å². The van der Waals surface area contributed by atoms with Gasteiger partial charge in [0.1, 0.15) is 16.1 Å². The van der Waals surface area contributed by atoms with Crippen molar-refractivity contribution in [3.8, 4) is 0 Å². The van der Waals surface area contributed by atoms with E-state index in [0.29, 0.717) is 0 Å². The first-order valence-corrected chi connectivity index (χ1v) is 3.92. The maximum atomic E-state index is 10.5. The van der Waals surface area contributed by atoms with Gasteiger partial charge in [0.05, 0.1) is 8.96 Å². The van der Waals surface area contributed by atoms with Crippen LogP contribution in [0.1, 0.15) is 0 Å². The number of hydrogen-bond donors (Lipinski definition) is 0. The molecule has 0 bridgehead atoms. The fraction of sp³-hybridized carbons (Fsp3) is 0. The topological polar surface area (TPSA) is 74.5 Å². The Kier molecular flexibility index (Phi) is 2.76. The third-order valence-corrected chi connectivity index (χ3v) is 1.88. The first-order valence-electron chi connectivity index (χ1n) is 3.21. The van der Waals surface area contributed by atoms with E-state index >= 15 is 0 Å². The van der Waals surface area contributed by atoms with Gasteiger partial charge >= 0.3 is 10.8 Å². The van der Waals surface area contributed by atoms with Crippen LogP contribution in [0, 0.1) is 15.5 Å². The Morgan fingerprint density at radius 1 is 1.54 bits per heavy atom. The van der Waals surface area contributed by atoms with Gasteiger partial charge in [-0.1, -0.05) is 12.1 Å². The number of hydrogen-bond acceptors (Lipinski definition) is 4. The van der Waals surface area contributed by atoms with Crippen LogP contribution in [0.4, 0.5) is 11.4 Å². The third-order valence-electron chi connectivity index (χ3n) is 1.36. The number of rotatable bonds is 2. The number of benzene rings is 1. The molecule has 1 aromatic carbocycles. The molecule has 0 atom stereocenters. The zero-order valence-corrected chi connectivity index (χ0v) is 7.88. The lowest BCUT2D eigenvalue weighted by molar-refractivity contribution is -0.384. The smallest absolute Gasteiger partial charge is 0.258 e. The van der Waals surface area contributed by atoms with E-state index in [1.54, 1.807) is 6.07 Å². The molecule has 6 nitrogen and oxygen atoms in total. The van der Waals surface area contributed by atoms with Crippen LogP contribution in [0.3, 0.4) is 0 Å². The van der Waals surface area contributed by atoms with Crippen LogP contribution in [-0.4, -0.2) is 4.92 Å². The summed E-state index contributed by atoms with van der Waals surface area (Å²) >= 11 is 2.82. The number of anilines is 1. The molecule has 0 saturated heterocycles. The lowest BCUT2D eigenvalue weighted by Crippen LogP contribution is -2.00. The SMILES string of the molecule is N#[N+]N(Br)c1ccccc1[N+](=O)[O-]. The molecule has 0 N–H and O–H groups in total. The summed E-state index contributed by atoms with van der Waals surface area (Å²) in [6, 6.07) is 5.89. The van der Waals surface area contributed by atoms with Crippen LogP contribution in [0.5, 0.6) is 0 Å². The normalized spacial score (nSPS) is 8.92. The van der Waals surface area contributed by atoms with Crippen molar-refractivity contribution in [2.45, 2.75) is 0 Å². The van der Waals surface area contributed by atoms with Gasteiger partial charge in [-0.05, 0) is 6.07 Å². The van der Waals surface area contributed by atoms with E-state index in [1.165, 1.54) is 18.2 Å². The van der Waals surface area contributed by atoms with Crippen LogP contribution >= 0.6 is 16.1 Å². The highest BCUT2D eigenvalue weighted by molar-refractivity contribution is 9.10. The Hall–Kier alpha value is -1.68. The fourth-order valence-electron chi connectivity index (χ4n) is 0.823. The van der Waals surface area contributed by atoms with Crippen LogP contribution in [0.25, 0.3) is 5.08 Å². The molecule has 7 heteroatoms. The van der Waals surface area contributed by atoms with Gasteiger partial charge in [-0.25, -0.2) is 0 Å². The second-order valence-corrected chi connectivity index (χ2v) is 2.77. The molecule has 66 valence electrons. The molecular formula is C6H4BrN4O2+. The van der Waals surface area contributed by atoms with Crippen molar-refractivity contribution in [2.75, 3.05) is 4.03 Å². The van der Waals surface area contributed by atoms with Crippen molar-refractivity contribution in [2.24, 2.45) is 0 Å². The first kappa shape index (κ1) is 9.41. The predicted octanol–water partition coefficient (Wildman–Crippen LogP) is 2.48. The summed E-state index contributed by atoms with van der Waals surface area (Å²) in [4.78, 5) is 9.92. The Morgan fingerprint density at radius 2 is 2.15 bits per heavy atom. The van der Waals surface area contributed by atoms with Crippen molar-refractivity contribution in [3.63, 3.8) is 0 Å². The lowest BCUT2D eigenvalue weighted by Gasteiger charge is -1.96. The van der Waals surface area contributed by atoms with Gasteiger partial charge in [0.25, 0.3) is 5.39 Å². The minimum Gasteiger partial charge on any atom is -0.258 e. The van der Waals surface area contributed by atoms with Crippen molar-refractivity contribution in [1.29, 1.82) is 5.39 Å². The maximum Gasteiger partial charge on any atom is 0.322 e. The Labute approximate surface area is 81.9 Å². The number of halogens is 1. The largest absolute Gasteiger partial charge is 0.322 e. The Balaban J connectivity index is 3.21. The van der Waals surface area contributed by atoms with Crippen molar-refractivity contribution in [1.82, 2.24) is 0 Å². The number of nitro benzene ring substituents is 1. The van der Waals surface area contributed by atoms with Crippen LogP contribution in [0.2, 0.25) is 0 Å². The van der Waals surface area contributed by atoms with Gasteiger partial charge in [0.2, 0.25) is 5.69 Å². The maximum absolute atomic E-state index is 10.5. The van der Waals surface area contributed by atoms with Gasteiger partial charge in [-0.15, -0.1) is 0 Å². The average molecular weight is 244 g/mol. The zero-order valence-electron chi connectivity index (χ0n) is 6.29. The summed E-state index contributed by atoms with van der Waals surface area (Å²) in [6.45, 7) is 0. The van der Waals surface area contributed by atoms with Crippen LogP contribution in [0.15, 0.2) is 24.3 Å². The molecule has 0 aliphatic carbocycles. The second-order valence-electron chi connectivity index (χ2n) is 2.10. The molecule has 0 saturated carbocycles.